The predicted molar refractivity (Wildman–Crippen MR) is 76.4 cm³/mol. The Morgan fingerprint density at radius 3 is 2.65 bits per heavy atom. The molecule has 0 aliphatic carbocycles. The molecule has 2 rings (SSSR count). The first kappa shape index (κ1) is 14.1. The molecule has 104 valence electrons. The summed E-state index contributed by atoms with van der Waals surface area (Å²) in [6.07, 6.45) is 0. The topological polar surface area (TPSA) is 38.3 Å². The Kier molecular flexibility index (Phi) is 4.35. The Bertz CT molecular complexity index is 626. The third-order valence-corrected chi connectivity index (χ3v) is 2.96. The number of halogens is 1. The zero-order valence-electron chi connectivity index (χ0n) is 11.4. The zero-order chi connectivity index (χ0) is 14.5. The maximum absolute atomic E-state index is 13.0. The molecular weight excluding hydrogens is 257 g/mol. The smallest absolute Gasteiger partial charge is 0.262 e. The summed E-state index contributed by atoms with van der Waals surface area (Å²) < 4.78 is 18.4. The van der Waals surface area contributed by atoms with E-state index in [2.05, 4.69) is 5.32 Å². The molecule has 20 heavy (non-hydrogen) atoms. The van der Waals surface area contributed by atoms with E-state index in [1.807, 2.05) is 32.0 Å². The van der Waals surface area contributed by atoms with Crippen molar-refractivity contribution in [2.24, 2.45) is 0 Å². The summed E-state index contributed by atoms with van der Waals surface area (Å²) in [4.78, 5) is 11.7. The fourth-order valence-corrected chi connectivity index (χ4v) is 1.72. The standard InChI is InChI=1S/C16H16FNO2/c1-11-6-7-15(8-12(11)2)20-10-16(19)18-14-5-3-4-13(17)9-14/h3-9H,10H2,1-2H3,(H,18,19). The highest BCUT2D eigenvalue weighted by Crippen LogP contribution is 2.16. The minimum atomic E-state index is -0.391. The number of anilines is 1. The van der Waals surface area contributed by atoms with Crippen LogP contribution in [0, 0.1) is 19.7 Å². The van der Waals surface area contributed by atoms with Gasteiger partial charge in [0.15, 0.2) is 6.61 Å². The molecule has 2 aromatic rings. The number of hydrogen-bond acceptors (Lipinski definition) is 2. The van der Waals surface area contributed by atoms with E-state index in [9.17, 15) is 9.18 Å². The van der Waals surface area contributed by atoms with Crippen LogP contribution in [0.3, 0.4) is 0 Å². The first-order chi connectivity index (χ1) is 9.54. The molecule has 4 heteroatoms. The van der Waals surface area contributed by atoms with Gasteiger partial charge in [-0.1, -0.05) is 12.1 Å². The lowest BCUT2D eigenvalue weighted by atomic mass is 10.1. The maximum Gasteiger partial charge on any atom is 0.262 e. The zero-order valence-corrected chi connectivity index (χ0v) is 11.4. The van der Waals surface area contributed by atoms with E-state index in [1.54, 1.807) is 6.07 Å². The number of hydrogen-bond donors (Lipinski definition) is 1. The highest BCUT2D eigenvalue weighted by Gasteiger charge is 2.05. The van der Waals surface area contributed by atoms with Crippen molar-refractivity contribution in [1.29, 1.82) is 0 Å². The Balaban J connectivity index is 1.90. The highest BCUT2D eigenvalue weighted by atomic mass is 19.1. The lowest BCUT2D eigenvalue weighted by molar-refractivity contribution is -0.118. The third kappa shape index (κ3) is 3.82. The summed E-state index contributed by atoms with van der Waals surface area (Å²) in [5.74, 6) is -0.0748. The van der Waals surface area contributed by atoms with E-state index in [4.69, 9.17) is 4.74 Å². The maximum atomic E-state index is 13.0. The second-order valence-electron chi connectivity index (χ2n) is 4.59. The number of carbonyl (C=O) groups is 1. The molecule has 2 aromatic carbocycles. The summed E-state index contributed by atoms with van der Waals surface area (Å²) >= 11 is 0. The largest absolute Gasteiger partial charge is 0.484 e. The van der Waals surface area contributed by atoms with Gasteiger partial charge in [-0.2, -0.15) is 0 Å². The van der Waals surface area contributed by atoms with Crippen LogP contribution in [0.5, 0.6) is 5.75 Å². The second kappa shape index (κ2) is 6.19. The number of carbonyl (C=O) groups excluding carboxylic acids is 1. The molecule has 0 spiro atoms. The SMILES string of the molecule is Cc1ccc(OCC(=O)Nc2cccc(F)c2)cc1C. The van der Waals surface area contributed by atoms with Crippen LogP contribution < -0.4 is 10.1 Å². The van der Waals surface area contributed by atoms with Crippen LogP contribution in [-0.4, -0.2) is 12.5 Å². The third-order valence-electron chi connectivity index (χ3n) is 2.96. The predicted octanol–water partition coefficient (Wildman–Crippen LogP) is 3.46. The van der Waals surface area contributed by atoms with Crippen LogP contribution in [0.4, 0.5) is 10.1 Å². The van der Waals surface area contributed by atoms with Crippen molar-refractivity contribution < 1.29 is 13.9 Å². The summed E-state index contributed by atoms with van der Waals surface area (Å²) in [6.45, 7) is 3.88. The van der Waals surface area contributed by atoms with Gasteiger partial charge in [-0.15, -0.1) is 0 Å². The van der Waals surface area contributed by atoms with Gasteiger partial charge in [-0.25, -0.2) is 4.39 Å². The molecule has 0 radical (unpaired) electrons. The Hall–Kier alpha value is -2.36. The second-order valence-corrected chi connectivity index (χ2v) is 4.59. The average Bonchev–Trinajstić information content (AvgIpc) is 2.40. The Labute approximate surface area is 117 Å². The molecule has 0 saturated carbocycles. The number of rotatable bonds is 4. The number of benzene rings is 2. The molecule has 0 aliphatic rings. The minimum absolute atomic E-state index is 0.112. The quantitative estimate of drug-likeness (QED) is 0.926. The average molecular weight is 273 g/mol. The van der Waals surface area contributed by atoms with Gasteiger partial charge in [-0.3, -0.25) is 4.79 Å². The Morgan fingerprint density at radius 1 is 1.15 bits per heavy atom. The van der Waals surface area contributed by atoms with E-state index >= 15 is 0 Å². The van der Waals surface area contributed by atoms with Gasteiger partial charge < -0.3 is 10.1 Å². The fraction of sp³-hybridized carbons (Fsp3) is 0.188. The first-order valence-corrected chi connectivity index (χ1v) is 6.30. The summed E-state index contributed by atoms with van der Waals surface area (Å²) in [7, 11) is 0. The molecule has 1 amide bonds. The van der Waals surface area contributed by atoms with E-state index < -0.39 is 5.82 Å². The lowest BCUT2D eigenvalue weighted by Crippen LogP contribution is -2.20. The molecule has 0 aromatic heterocycles. The van der Waals surface area contributed by atoms with Gasteiger partial charge in [0.1, 0.15) is 11.6 Å². The van der Waals surface area contributed by atoms with Crippen LogP contribution in [0.15, 0.2) is 42.5 Å². The van der Waals surface area contributed by atoms with Gasteiger partial charge >= 0.3 is 0 Å². The van der Waals surface area contributed by atoms with E-state index in [0.717, 1.165) is 5.56 Å². The molecule has 0 aliphatic heterocycles. The van der Waals surface area contributed by atoms with Crippen molar-refractivity contribution >= 4 is 11.6 Å². The molecule has 0 unspecified atom stereocenters. The van der Waals surface area contributed by atoms with E-state index in [-0.39, 0.29) is 12.5 Å². The molecule has 0 heterocycles. The van der Waals surface area contributed by atoms with Crippen LogP contribution >= 0.6 is 0 Å². The molecule has 1 N–H and O–H groups in total. The Morgan fingerprint density at radius 2 is 1.95 bits per heavy atom. The first-order valence-electron chi connectivity index (χ1n) is 6.30. The molecule has 0 fully saturated rings. The van der Waals surface area contributed by atoms with Crippen LogP contribution in [0.1, 0.15) is 11.1 Å². The number of ether oxygens (including phenoxy) is 1. The van der Waals surface area contributed by atoms with Gasteiger partial charge in [0.25, 0.3) is 5.91 Å². The minimum Gasteiger partial charge on any atom is -0.484 e. The molecular formula is C16H16FNO2. The van der Waals surface area contributed by atoms with Crippen molar-refractivity contribution in [2.75, 3.05) is 11.9 Å². The van der Waals surface area contributed by atoms with Gasteiger partial charge in [0.2, 0.25) is 0 Å². The van der Waals surface area contributed by atoms with E-state index in [0.29, 0.717) is 11.4 Å². The van der Waals surface area contributed by atoms with Crippen LogP contribution in [0.2, 0.25) is 0 Å². The van der Waals surface area contributed by atoms with Crippen molar-refractivity contribution in [3.05, 3.63) is 59.4 Å². The summed E-state index contributed by atoms with van der Waals surface area (Å²) in [5.41, 5.74) is 2.69. The lowest BCUT2D eigenvalue weighted by Gasteiger charge is -2.09. The van der Waals surface area contributed by atoms with E-state index in [1.165, 1.54) is 23.8 Å². The van der Waals surface area contributed by atoms with Gasteiger partial charge in [-0.05, 0) is 55.3 Å². The summed E-state index contributed by atoms with van der Waals surface area (Å²) in [6, 6.07) is 11.4. The monoisotopic (exact) mass is 273 g/mol. The molecule has 0 atom stereocenters. The van der Waals surface area contributed by atoms with Gasteiger partial charge in [0.05, 0.1) is 0 Å². The number of amides is 1. The fourth-order valence-electron chi connectivity index (χ4n) is 1.72. The van der Waals surface area contributed by atoms with Crippen molar-refractivity contribution in [2.45, 2.75) is 13.8 Å². The van der Waals surface area contributed by atoms with Crippen molar-refractivity contribution in [3.63, 3.8) is 0 Å². The normalized spacial score (nSPS) is 10.2. The number of nitrogens with one attached hydrogen (secondary N) is 1. The van der Waals surface area contributed by atoms with Crippen molar-refractivity contribution in [1.82, 2.24) is 0 Å². The molecule has 0 bridgehead atoms. The highest BCUT2D eigenvalue weighted by molar-refractivity contribution is 5.91. The number of aryl methyl sites for hydroxylation is 2. The molecule has 3 nitrogen and oxygen atoms in total. The molecule has 0 saturated heterocycles. The summed E-state index contributed by atoms with van der Waals surface area (Å²) in [5, 5.41) is 2.58. The van der Waals surface area contributed by atoms with Gasteiger partial charge in [0, 0.05) is 5.69 Å². The van der Waals surface area contributed by atoms with Crippen LogP contribution in [-0.2, 0) is 4.79 Å². The van der Waals surface area contributed by atoms with Crippen molar-refractivity contribution in [3.8, 4) is 5.75 Å². The van der Waals surface area contributed by atoms with Crippen LogP contribution in [0.25, 0.3) is 0 Å².